The summed E-state index contributed by atoms with van der Waals surface area (Å²) in [5, 5.41) is 7.25. The van der Waals surface area contributed by atoms with Crippen LogP contribution in [0, 0.1) is 13.8 Å². The molecule has 0 spiro atoms. The summed E-state index contributed by atoms with van der Waals surface area (Å²) in [6.45, 7) is 6.20. The number of carbonyl (C=O) groups is 1. The summed E-state index contributed by atoms with van der Waals surface area (Å²) in [4.78, 5) is 13.5. The van der Waals surface area contributed by atoms with Crippen molar-refractivity contribution < 1.29 is 18.1 Å². The van der Waals surface area contributed by atoms with Gasteiger partial charge >= 0.3 is 0 Å². The van der Waals surface area contributed by atoms with Gasteiger partial charge in [-0.05, 0) is 19.4 Å². The molecule has 1 aliphatic rings. The normalized spacial score (nSPS) is 16.2. The molecule has 9 heteroatoms. The van der Waals surface area contributed by atoms with Gasteiger partial charge in [0.05, 0.1) is 49.0 Å². The molecule has 0 aliphatic carbocycles. The van der Waals surface area contributed by atoms with Gasteiger partial charge in [0.2, 0.25) is 10.0 Å². The van der Waals surface area contributed by atoms with Gasteiger partial charge < -0.3 is 10.2 Å². The summed E-state index contributed by atoms with van der Waals surface area (Å²) >= 11 is 0. The van der Waals surface area contributed by atoms with Crippen LogP contribution in [0.15, 0.2) is 30.3 Å². The summed E-state index contributed by atoms with van der Waals surface area (Å²) < 4.78 is 28.5. The maximum absolute atomic E-state index is 12.6. The first-order valence-corrected chi connectivity index (χ1v) is 11.0. The second-order valence-electron chi connectivity index (χ2n) is 7.29. The third-order valence-electron chi connectivity index (χ3n) is 5.20. The molecule has 28 heavy (non-hydrogen) atoms. The van der Waals surface area contributed by atoms with Gasteiger partial charge in [-0.2, -0.15) is 9.40 Å². The first-order chi connectivity index (χ1) is 13.3. The van der Waals surface area contributed by atoms with Crippen LogP contribution in [0.3, 0.4) is 0 Å². The van der Waals surface area contributed by atoms with Crippen molar-refractivity contribution in [3.8, 4) is 0 Å². The van der Waals surface area contributed by atoms with E-state index in [9.17, 15) is 13.2 Å². The van der Waals surface area contributed by atoms with E-state index in [1.54, 1.807) is 4.68 Å². The molecular weight excluding hydrogens is 378 g/mol. The van der Waals surface area contributed by atoms with Crippen molar-refractivity contribution in [2.75, 3.05) is 38.0 Å². The quantitative estimate of drug-likeness (QED) is 0.690. The van der Waals surface area contributed by atoms with Crippen molar-refractivity contribution >= 4 is 21.6 Å². The number of piperazine rings is 1. The summed E-state index contributed by atoms with van der Waals surface area (Å²) in [7, 11) is -1.49. The lowest BCUT2D eigenvalue weighted by atomic mass is 10.2. The molecule has 0 bridgehead atoms. The Morgan fingerprint density at radius 3 is 2.39 bits per heavy atom. The number of nitrogens with zero attached hydrogens (tertiary/aromatic N) is 3. The number of aromatic nitrogens is 2. The van der Waals surface area contributed by atoms with Gasteiger partial charge in [-0.3, -0.25) is 9.48 Å². The van der Waals surface area contributed by atoms with E-state index in [-0.39, 0.29) is 11.7 Å². The monoisotopic (exact) mass is 406 g/mol. The maximum Gasteiger partial charge on any atom is 0.279 e. The van der Waals surface area contributed by atoms with Crippen LogP contribution in [0.25, 0.3) is 0 Å². The Hall–Kier alpha value is -2.23. The summed E-state index contributed by atoms with van der Waals surface area (Å²) in [5.74, 6) is -0.0572. The average molecular weight is 407 g/mol. The number of aryl methyl sites for hydroxylation is 2. The molecule has 152 valence electrons. The SMILES string of the molecule is Cc1nn(C)c(C)c1NC(=O)C[NH+]1CCN(S(=O)(=O)Cc2ccccc2)CC1. The van der Waals surface area contributed by atoms with Crippen LogP contribution in [0.4, 0.5) is 5.69 Å². The fourth-order valence-corrected chi connectivity index (χ4v) is 5.03. The number of rotatable bonds is 6. The number of carbonyl (C=O) groups excluding carboxylic acids is 1. The Morgan fingerprint density at radius 2 is 1.82 bits per heavy atom. The Morgan fingerprint density at radius 1 is 1.18 bits per heavy atom. The number of hydrogen-bond donors (Lipinski definition) is 2. The number of quaternary nitrogens is 1. The largest absolute Gasteiger partial charge is 0.325 e. The standard InChI is InChI=1S/C19H27N5O3S/c1-15-19(16(2)22(3)21-15)20-18(25)13-23-9-11-24(12-10-23)28(26,27)14-17-7-5-4-6-8-17/h4-8H,9-14H2,1-3H3,(H,20,25)/p+1. The molecule has 0 saturated carbocycles. The molecule has 8 nitrogen and oxygen atoms in total. The molecule has 3 rings (SSSR count). The van der Waals surface area contributed by atoms with Gasteiger partial charge in [0.25, 0.3) is 5.91 Å². The lowest BCUT2D eigenvalue weighted by molar-refractivity contribution is -0.895. The van der Waals surface area contributed by atoms with Crippen LogP contribution in [-0.4, -0.2) is 61.1 Å². The summed E-state index contributed by atoms with van der Waals surface area (Å²) in [5.41, 5.74) is 3.26. The minimum atomic E-state index is -3.34. The van der Waals surface area contributed by atoms with Gasteiger partial charge in [-0.1, -0.05) is 30.3 Å². The number of benzene rings is 1. The molecular formula is C19H28N5O3S+. The van der Waals surface area contributed by atoms with Crippen molar-refractivity contribution in [1.29, 1.82) is 0 Å². The minimum absolute atomic E-state index is 0.0171. The lowest BCUT2D eigenvalue weighted by Crippen LogP contribution is -3.15. The Kier molecular flexibility index (Phi) is 6.17. The smallest absolute Gasteiger partial charge is 0.279 e. The van der Waals surface area contributed by atoms with Crippen LogP contribution in [0.1, 0.15) is 17.0 Å². The highest BCUT2D eigenvalue weighted by Crippen LogP contribution is 2.17. The highest BCUT2D eigenvalue weighted by Gasteiger charge is 2.30. The van der Waals surface area contributed by atoms with Crippen LogP contribution >= 0.6 is 0 Å². The Labute approximate surface area is 166 Å². The molecule has 1 saturated heterocycles. The van der Waals surface area contributed by atoms with Gasteiger partial charge in [0, 0.05) is 7.05 Å². The third kappa shape index (κ3) is 4.78. The van der Waals surface area contributed by atoms with E-state index in [0.29, 0.717) is 32.7 Å². The second-order valence-corrected chi connectivity index (χ2v) is 9.25. The van der Waals surface area contributed by atoms with Crippen molar-refractivity contribution in [1.82, 2.24) is 14.1 Å². The summed E-state index contributed by atoms with van der Waals surface area (Å²) in [6, 6.07) is 9.21. The molecule has 1 aliphatic heterocycles. The number of anilines is 1. The highest BCUT2D eigenvalue weighted by atomic mass is 32.2. The molecule has 0 radical (unpaired) electrons. The topological polar surface area (TPSA) is 88.7 Å². The van der Waals surface area contributed by atoms with Crippen LogP contribution in [0.2, 0.25) is 0 Å². The highest BCUT2D eigenvalue weighted by molar-refractivity contribution is 7.88. The van der Waals surface area contributed by atoms with Crippen molar-refractivity contribution in [3.63, 3.8) is 0 Å². The van der Waals surface area contributed by atoms with E-state index in [2.05, 4.69) is 10.4 Å². The molecule has 2 heterocycles. The fourth-order valence-electron chi connectivity index (χ4n) is 3.50. The predicted octanol–water partition coefficient (Wildman–Crippen LogP) is -0.294. The number of nitrogens with one attached hydrogen (secondary N) is 2. The fraction of sp³-hybridized carbons (Fsp3) is 0.474. The Bertz CT molecular complexity index is 932. The molecule has 2 aromatic rings. The zero-order valence-corrected chi connectivity index (χ0v) is 17.4. The molecule has 1 fully saturated rings. The second kappa shape index (κ2) is 8.42. The lowest BCUT2D eigenvalue weighted by Gasteiger charge is -2.31. The first kappa shape index (κ1) is 20.5. The van der Waals surface area contributed by atoms with Crippen LogP contribution in [-0.2, 0) is 27.6 Å². The van der Waals surface area contributed by atoms with Crippen molar-refractivity contribution in [2.45, 2.75) is 19.6 Å². The van der Waals surface area contributed by atoms with E-state index < -0.39 is 10.0 Å². The van der Waals surface area contributed by atoms with E-state index in [1.165, 1.54) is 4.31 Å². The van der Waals surface area contributed by atoms with Crippen LogP contribution < -0.4 is 10.2 Å². The van der Waals surface area contributed by atoms with Crippen molar-refractivity contribution in [3.05, 3.63) is 47.3 Å². The average Bonchev–Trinajstić information content (AvgIpc) is 2.89. The van der Waals surface area contributed by atoms with Crippen molar-refractivity contribution in [2.24, 2.45) is 7.05 Å². The summed E-state index contributed by atoms with van der Waals surface area (Å²) in [6.07, 6.45) is 0. The molecule has 0 atom stereocenters. The van der Waals surface area contributed by atoms with Gasteiger partial charge in [0.1, 0.15) is 0 Å². The molecule has 1 aromatic carbocycles. The van der Waals surface area contributed by atoms with E-state index in [0.717, 1.165) is 27.5 Å². The van der Waals surface area contributed by atoms with Crippen LogP contribution in [0.5, 0.6) is 0 Å². The molecule has 2 N–H and O–H groups in total. The third-order valence-corrected chi connectivity index (χ3v) is 7.05. The number of sulfonamides is 1. The van der Waals surface area contributed by atoms with E-state index in [1.807, 2.05) is 51.2 Å². The first-order valence-electron chi connectivity index (χ1n) is 9.41. The number of hydrogen-bond acceptors (Lipinski definition) is 4. The minimum Gasteiger partial charge on any atom is -0.325 e. The maximum atomic E-state index is 12.6. The van der Waals surface area contributed by atoms with Gasteiger partial charge in [-0.15, -0.1) is 0 Å². The molecule has 1 amide bonds. The Balaban J connectivity index is 1.51. The zero-order chi connectivity index (χ0) is 20.3. The zero-order valence-electron chi connectivity index (χ0n) is 16.6. The van der Waals surface area contributed by atoms with Gasteiger partial charge in [0.15, 0.2) is 6.54 Å². The van der Waals surface area contributed by atoms with Gasteiger partial charge in [-0.25, -0.2) is 8.42 Å². The number of amides is 1. The van der Waals surface area contributed by atoms with E-state index in [4.69, 9.17) is 0 Å². The van der Waals surface area contributed by atoms with E-state index >= 15 is 0 Å². The predicted molar refractivity (Wildman–Crippen MR) is 108 cm³/mol. The molecule has 0 unspecified atom stereocenters. The molecule has 1 aromatic heterocycles.